The standard InChI is InChI=1S/C26H20BrN5O/c27-18-10-8-17(9-11-18)15-24(26(28)33)32-16-21(25(31-32)23-7-3-4-13-29-23)19-12-14-30-22-6-2-1-5-20(19)22/h1-14,16,24H,15H2,(H2,28,33). The fraction of sp³-hybridized carbons (Fsp3) is 0.0769. The van der Waals surface area contributed by atoms with Gasteiger partial charge in [0.05, 0.1) is 11.2 Å². The summed E-state index contributed by atoms with van der Waals surface area (Å²) in [6.45, 7) is 0. The maximum Gasteiger partial charge on any atom is 0.242 e. The van der Waals surface area contributed by atoms with Crippen LogP contribution in [0.3, 0.4) is 0 Å². The van der Waals surface area contributed by atoms with E-state index in [-0.39, 0.29) is 0 Å². The first-order valence-corrected chi connectivity index (χ1v) is 11.3. The van der Waals surface area contributed by atoms with Gasteiger partial charge in [-0.05, 0) is 47.5 Å². The summed E-state index contributed by atoms with van der Waals surface area (Å²) >= 11 is 3.45. The largest absolute Gasteiger partial charge is 0.368 e. The molecule has 0 aliphatic heterocycles. The summed E-state index contributed by atoms with van der Waals surface area (Å²) < 4.78 is 2.64. The lowest BCUT2D eigenvalue weighted by atomic mass is 10.0. The van der Waals surface area contributed by atoms with E-state index in [9.17, 15) is 4.79 Å². The normalized spacial score (nSPS) is 12.0. The SMILES string of the molecule is NC(=O)C(Cc1ccc(Br)cc1)n1cc(-c2ccnc3ccccc23)c(-c2ccccn2)n1. The Labute approximate surface area is 199 Å². The molecule has 0 saturated heterocycles. The van der Waals surface area contributed by atoms with Crippen molar-refractivity contribution in [1.82, 2.24) is 19.7 Å². The third-order valence-corrected chi connectivity index (χ3v) is 6.10. The topological polar surface area (TPSA) is 86.7 Å². The van der Waals surface area contributed by atoms with Gasteiger partial charge < -0.3 is 5.73 Å². The van der Waals surface area contributed by atoms with Crippen molar-refractivity contribution < 1.29 is 4.79 Å². The third kappa shape index (κ3) is 4.27. The second-order valence-corrected chi connectivity index (χ2v) is 8.63. The number of benzene rings is 2. The van der Waals surface area contributed by atoms with Crippen LogP contribution in [-0.4, -0.2) is 25.7 Å². The van der Waals surface area contributed by atoms with Gasteiger partial charge in [-0.25, -0.2) is 0 Å². The molecule has 0 saturated carbocycles. The first-order chi connectivity index (χ1) is 16.1. The molecule has 0 radical (unpaired) electrons. The summed E-state index contributed by atoms with van der Waals surface area (Å²) in [6, 6.07) is 22.8. The number of nitrogens with two attached hydrogens (primary N) is 1. The van der Waals surface area contributed by atoms with Crippen molar-refractivity contribution in [2.24, 2.45) is 5.73 Å². The van der Waals surface area contributed by atoms with E-state index in [0.29, 0.717) is 12.1 Å². The molecule has 3 aromatic heterocycles. The van der Waals surface area contributed by atoms with Gasteiger partial charge in [-0.15, -0.1) is 0 Å². The van der Waals surface area contributed by atoms with Crippen LogP contribution in [-0.2, 0) is 11.2 Å². The highest BCUT2D eigenvalue weighted by Gasteiger charge is 2.24. The smallest absolute Gasteiger partial charge is 0.242 e. The molecule has 1 unspecified atom stereocenters. The fourth-order valence-electron chi connectivity index (χ4n) is 3.94. The molecule has 162 valence electrons. The number of rotatable bonds is 6. The molecule has 2 aromatic carbocycles. The van der Waals surface area contributed by atoms with E-state index in [1.165, 1.54) is 0 Å². The Kier molecular flexibility index (Phi) is 5.71. The predicted molar refractivity (Wildman–Crippen MR) is 132 cm³/mol. The van der Waals surface area contributed by atoms with Gasteiger partial charge >= 0.3 is 0 Å². The van der Waals surface area contributed by atoms with Gasteiger partial charge in [-0.3, -0.25) is 19.4 Å². The molecule has 1 atom stereocenters. The quantitative estimate of drug-likeness (QED) is 0.349. The van der Waals surface area contributed by atoms with E-state index in [2.05, 4.69) is 25.9 Å². The Morgan fingerprint density at radius 3 is 2.45 bits per heavy atom. The highest BCUT2D eigenvalue weighted by Crippen LogP contribution is 2.35. The number of nitrogens with zero attached hydrogens (tertiary/aromatic N) is 4. The van der Waals surface area contributed by atoms with E-state index < -0.39 is 11.9 Å². The average molecular weight is 498 g/mol. The van der Waals surface area contributed by atoms with E-state index in [1.54, 1.807) is 17.1 Å². The lowest BCUT2D eigenvalue weighted by molar-refractivity contribution is -0.121. The number of aromatic nitrogens is 4. The van der Waals surface area contributed by atoms with E-state index in [0.717, 1.165) is 37.8 Å². The molecule has 0 fully saturated rings. The van der Waals surface area contributed by atoms with Gasteiger partial charge in [0, 0.05) is 40.4 Å². The molecule has 5 aromatic rings. The van der Waals surface area contributed by atoms with E-state index >= 15 is 0 Å². The Bertz CT molecular complexity index is 1430. The number of carbonyl (C=O) groups is 1. The van der Waals surface area contributed by atoms with Gasteiger partial charge in [-0.1, -0.05) is 52.3 Å². The first-order valence-electron chi connectivity index (χ1n) is 10.5. The Hall–Kier alpha value is -3.84. The van der Waals surface area contributed by atoms with Crippen molar-refractivity contribution in [2.45, 2.75) is 12.5 Å². The van der Waals surface area contributed by atoms with Crippen LogP contribution in [0, 0.1) is 0 Å². The van der Waals surface area contributed by atoms with Gasteiger partial charge in [0.1, 0.15) is 11.7 Å². The van der Waals surface area contributed by atoms with Crippen LogP contribution in [0.5, 0.6) is 0 Å². The second kappa shape index (κ2) is 8.96. The highest BCUT2D eigenvalue weighted by molar-refractivity contribution is 9.10. The van der Waals surface area contributed by atoms with Crippen LogP contribution in [0.2, 0.25) is 0 Å². The summed E-state index contributed by atoms with van der Waals surface area (Å²) in [5.74, 6) is -0.445. The molecule has 1 amide bonds. The zero-order valence-electron chi connectivity index (χ0n) is 17.6. The number of fused-ring (bicyclic) bond motifs is 1. The van der Waals surface area contributed by atoms with E-state index in [1.807, 2.05) is 79.0 Å². The van der Waals surface area contributed by atoms with Crippen LogP contribution in [0.15, 0.2) is 95.9 Å². The average Bonchev–Trinajstić information content (AvgIpc) is 3.28. The van der Waals surface area contributed by atoms with Crippen molar-refractivity contribution in [2.75, 3.05) is 0 Å². The Morgan fingerprint density at radius 1 is 0.909 bits per heavy atom. The predicted octanol–water partition coefficient (Wildman–Crippen LogP) is 5.19. The number of carbonyl (C=O) groups excluding carboxylic acids is 1. The Morgan fingerprint density at radius 2 is 1.70 bits per heavy atom. The van der Waals surface area contributed by atoms with Crippen molar-refractivity contribution in [3.63, 3.8) is 0 Å². The molecular formula is C26H20BrN5O. The monoisotopic (exact) mass is 497 g/mol. The number of hydrogen-bond donors (Lipinski definition) is 1. The molecule has 7 heteroatoms. The number of primary amides is 1. The van der Waals surface area contributed by atoms with Crippen molar-refractivity contribution >= 4 is 32.7 Å². The fourth-order valence-corrected chi connectivity index (χ4v) is 4.20. The van der Waals surface area contributed by atoms with Crippen LogP contribution in [0.1, 0.15) is 11.6 Å². The lowest BCUT2D eigenvalue weighted by Crippen LogP contribution is -2.28. The maximum absolute atomic E-state index is 12.5. The molecule has 6 nitrogen and oxygen atoms in total. The summed E-state index contributed by atoms with van der Waals surface area (Å²) in [4.78, 5) is 21.5. The number of hydrogen-bond acceptors (Lipinski definition) is 4. The first kappa shape index (κ1) is 21.0. The minimum absolute atomic E-state index is 0.433. The van der Waals surface area contributed by atoms with Crippen molar-refractivity contribution in [3.8, 4) is 22.5 Å². The van der Waals surface area contributed by atoms with Gasteiger partial charge in [0.25, 0.3) is 0 Å². The summed E-state index contributed by atoms with van der Waals surface area (Å²) in [5, 5.41) is 5.82. The number of para-hydroxylation sites is 1. The molecule has 3 heterocycles. The van der Waals surface area contributed by atoms with Crippen LogP contribution < -0.4 is 5.73 Å². The molecule has 0 aliphatic carbocycles. The van der Waals surface area contributed by atoms with E-state index in [4.69, 9.17) is 10.8 Å². The van der Waals surface area contributed by atoms with Crippen molar-refractivity contribution in [3.05, 3.63) is 101 Å². The zero-order valence-corrected chi connectivity index (χ0v) is 19.2. The number of amides is 1. The zero-order chi connectivity index (χ0) is 22.8. The van der Waals surface area contributed by atoms with Gasteiger partial charge in [0.15, 0.2) is 0 Å². The van der Waals surface area contributed by atoms with Crippen LogP contribution in [0.4, 0.5) is 0 Å². The molecule has 0 aliphatic rings. The van der Waals surface area contributed by atoms with Crippen LogP contribution in [0.25, 0.3) is 33.4 Å². The summed E-state index contributed by atoms with van der Waals surface area (Å²) in [5.41, 5.74) is 11.0. The summed E-state index contributed by atoms with van der Waals surface area (Å²) in [6.07, 6.45) is 5.84. The molecular weight excluding hydrogens is 478 g/mol. The molecule has 5 rings (SSSR count). The molecule has 0 spiro atoms. The molecule has 0 bridgehead atoms. The minimum atomic E-state index is -0.643. The third-order valence-electron chi connectivity index (χ3n) is 5.57. The van der Waals surface area contributed by atoms with Gasteiger partial charge in [0.2, 0.25) is 5.91 Å². The molecule has 33 heavy (non-hydrogen) atoms. The van der Waals surface area contributed by atoms with Crippen molar-refractivity contribution in [1.29, 1.82) is 0 Å². The van der Waals surface area contributed by atoms with Gasteiger partial charge in [-0.2, -0.15) is 5.10 Å². The maximum atomic E-state index is 12.5. The molecule has 2 N–H and O–H groups in total. The minimum Gasteiger partial charge on any atom is -0.368 e. The number of halogens is 1. The van der Waals surface area contributed by atoms with Crippen LogP contribution >= 0.6 is 15.9 Å². The lowest BCUT2D eigenvalue weighted by Gasteiger charge is -2.14. The Balaban J connectivity index is 1.67. The highest BCUT2D eigenvalue weighted by atomic mass is 79.9. The summed E-state index contributed by atoms with van der Waals surface area (Å²) in [7, 11) is 0. The number of pyridine rings is 2. The second-order valence-electron chi connectivity index (χ2n) is 7.71.